The van der Waals surface area contributed by atoms with E-state index in [-0.39, 0.29) is 16.8 Å². The highest BCUT2D eigenvalue weighted by Crippen LogP contribution is 2.16. The fourth-order valence-corrected chi connectivity index (χ4v) is 2.12. The average molecular weight is 343 g/mol. The second-order valence-corrected chi connectivity index (χ2v) is 5.66. The number of allylic oxidation sites excluding steroid dienone is 1. The molecule has 8 heteroatoms. The fraction of sp³-hybridized carbons (Fsp3) is 0.357. The van der Waals surface area contributed by atoms with Gasteiger partial charge in [-0.05, 0) is 6.26 Å². The van der Waals surface area contributed by atoms with E-state index in [9.17, 15) is 4.79 Å². The molecule has 0 aliphatic carbocycles. The van der Waals surface area contributed by atoms with E-state index in [1.54, 1.807) is 44.4 Å². The van der Waals surface area contributed by atoms with Gasteiger partial charge < -0.3 is 15.0 Å². The van der Waals surface area contributed by atoms with Gasteiger partial charge in [0.05, 0.1) is 30.9 Å². The smallest absolute Gasteiger partial charge is 0.227 e. The van der Waals surface area contributed by atoms with Gasteiger partial charge in [0.1, 0.15) is 10.9 Å². The number of nitrogens with zero attached hydrogens (tertiary/aromatic N) is 2. The number of ether oxygens (including phenoxy) is 1. The minimum atomic E-state index is -0.219. The first-order chi connectivity index (χ1) is 10.5. The Morgan fingerprint density at radius 1 is 1.59 bits per heavy atom. The molecule has 1 rings (SSSR count). The van der Waals surface area contributed by atoms with Crippen LogP contribution in [0.5, 0.6) is 5.75 Å². The van der Waals surface area contributed by atoms with Crippen LogP contribution in [0.25, 0.3) is 0 Å². The summed E-state index contributed by atoms with van der Waals surface area (Å²) in [5.74, 6) is 1.22. The van der Waals surface area contributed by atoms with Gasteiger partial charge in [0.25, 0.3) is 0 Å². The van der Waals surface area contributed by atoms with Crippen LogP contribution in [0.2, 0.25) is 0 Å². The van der Waals surface area contributed by atoms with Crippen molar-refractivity contribution in [3.63, 3.8) is 0 Å². The Kier molecular flexibility index (Phi) is 7.76. The number of pyridine rings is 1. The minimum Gasteiger partial charge on any atom is -0.495 e. The molecule has 0 saturated carbocycles. The van der Waals surface area contributed by atoms with E-state index in [0.29, 0.717) is 17.9 Å². The molecule has 22 heavy (non-hydrogen) atoms. The molecule has 0 aliphatic heterocycles. The van der Waals surface area contributed by atoms with E-state index in [1.807, 2.05) is 6.26 Å². The lowest BCUT2D eigenvalue weighted by Gasteiger charge is -2.19. The van der Waals surface area contributed by atoms with E-state index in [4.69, 9.17) is 21.7 Å². The van der Waals surface area contributed by atoms with Crippen LogP contribution in [0, 0.1) is 5.41 Å². The number of nitrogens with one attached hydrogen (secondary N) is 2. The first-order valence-electron chi connectivity index (χ1n) is 6.45. The van der Waals surface area contributed by atoms with Gasteiger partial charge in [0, 0.05) is 31.5 Å². The van der Waals surface area contributed by atoms with E-state index in [0.717, 1.165) is 5.75 Å². The molecule has 1 heterocycles. The van der Waals surface area contributed by atoms with Crippen LogP contribution in [-0.4, -0.2) is 47.1 Å². The SMILES string of the molecule is COc1cncc(N/C=C(\C(=N)Cl)N(C)C(=O)CCSC)c1. The van der Waals surface area contributed by atoms with Crippen molar-refractivity contribution in [1.29, 1.82) is 5.41 Å². The van der Waals surface area contributed by atoms with Crippen LogP contribution in [0.3, 0.4) is 0 Å². The Labute approximate surface area is 139 Å². The number of thioether (sulfide) groups is 1. The summed E-state index contributed by atoms with van der Waals surface area (Å²) in [5.41, 5.74) is 0.954. The van der Waals surface area contributed by atoms with E-state index in [2.05, 4.69) is 10.3 Å². The monoisotopic (exact) mass is 342 g/mol. The molecule has 1 aromatic heterocycles. The molecule has 2 N–H and O–H groups in total. The first-order valence-corrected chi connectivity index (χ1v) is 8.22. The Balaban J connectivity index is 2.85. The van der Waals surface area contributed by atoms with Crippen molar-refractivity contribution in [1.82, 2.24) is 9.88 Å². The summed E-state index contributed by atoms with van der Waals surface area (Å²) in [7, 11) is 3.14. The van der Waals surface area contributed by atoms with Crippen LogP contribution in [0.15, 0.2) is 30.4 Å². The number of amides is 1. The number of halogens is 1. The summed E-state index contributed by atoms with van der Waals surface area (Å²) < 4.78 is 5.08. The fourth-order valence-electron chi connectivity index (χ4n) is 1.56. The molecular weight excluding hydrogens is 324 g/mol. The number of hydrogen-bond donors (Lipinski definition) is 2. The number of carbonyl (C=O) groups is 1. The van der Waals surface area contributed by atoms with Gasteiger partial charge >= 0.3 is 0 Å². The topological polar surface area (TPSA) is 78.3 Å². The van der Waals surface area contributed by atoms with Gasteiger partial charge in [0.15, 0.2) is 0 Å². The van der Waals surface area contributed by atoms with E-state index in [1.165, 1.54) is 11.1 Å². The summed E-state index contributed by atoms with van der Waals surface area (Å²) >= 11 is 7.37. The Hall–Kier alpha value is -1.73. The predicted molar refractivity (Wildman–Crippen MR) is 91.8 cm³/mol. The van der Waals surface area contributed by atoms with Crippen molar-refractivity contribution in [2.45, 2.75) is 6.42 Å². The van der Waals surface area contributed by atoms with Gasteiger partial charge in [-0.3, -0.25) is 15.2 Å². The van der Waals surface area contributed by atoms with Crippen molar-refractivity contribution in [2.24, 2.45) is 0 Å². The normalized spacial score (nSPS) is 11.0. The zero-order valence-electron chi connectivity index (χ0n) is 12.7. The lowest BCUT2D eigenvalue weighted by atomic mass is 10.3. The van der Waals surface area contributed by atoms with Crippen molar-refractivity contribution in [2.75, 3.05) is 31.5 Å². The van der Waals surface area contributed by atoms with Crippen LogP contribution < -0.4 is 10.1 Å². The molecule has 0 unspecified atom stereocenters. The number of methoxy groups -OCH3 is 1. The lowest BCUT2D eigenvalue weighted by molar-refractivity contribution is -0.127. The van der Waals surface area contributed by atoms with Crippen molar-refractivity contribution in [3.8, 4) is 5.75 Å². The molecule has 0 aliphatic rings. The molecule has 1 amide bonds. The number of anilines is 1. The first kappa shape index (κ1) is 18.3. The molecule has 120 valence electrons. The summed E-state index contributed by atoms with van der Waals surface area (Å²) in [6.45, 7) is 0. The van der Waals surface area contributed by atoms with Crippen molar-refractivity contribution >= 4 is 40.1 Å². The molecule has 0 fully saturated rings. The maximum Gasteiger partial charge on any atom is 0.227 e. The average Bonchev–Trinajstić information content (AvgIpc) is 2.52. The second kappa shape index (κ2) is 9.32. The third kappa shape index (κ3) is 5.57. The zero-order chi connectivity index (χ0) is 16.5. The lowest BCUT2D eigenvalue weighted by Crippen LogP contribution is -2.29. The predicted octanol–water partition coefficient (Wildman–Crippen LogP) is 2.77. The quantitative estimate of drug-likeness (QED) is 0.710. The molecule has 0 atom stereocenters. The number of hydrogen-bond acceptors (Lipinski definition) is 6. The van der Waals surface area contributed by atoms with Gasteiger partial charge in [-0.2, -0.15) is 11.8 Å². The number of rotatable bonds is 8. The van der Waals surface area contributed by atoms with Gasteiger partial charge in [-0.25, -0.2) is 0 Å². The standard InChI is InChI=1S/C14H19ClN4O2S/c1-19(13(20)4-5-22-3)12(14(15)16)9-18-10-6-11(21-2)8-17-7-10/h6-9,16,18H,4-5H2,1-3H3/b12-9+,16-14?. The van der Waals surface area contributed by atoms with Gasteiger partial charge in [-0.1, -0.05) is 11.6 Å². The van der Waals surface area contributed by atoms with Crippen LogP contribution in [0.4, 0.5) is 5.69 Å². The van der Waals surface area contributed by atoms with Crippen LogP contribution >= 0.6 is 23.4 Å². The highest BCUT2D eigenvalue weighted by molar-refractivity contribution is 7.98. The minimum absolute atomic E-state index is 0.100. The Morgan fingerprint density at radius 3 is 2.91 bits per heavy atom. The Morgan fingerprint density at radius 2 is 2.32 bits per heavy atom. The molecule has 0 radical (unpaired) electrons. The molecular formula is C14H19ClN4O2S. The number of aromatic nitrogens is 1. The second-order valence-electron chi connectivity index (χ2n) is 4.30. The highest BCUT2D eigenvalue weighted by atomic mass is 35.5. The summed E-state index contributed by atoms with van der Waals surface area (Å²) in [6.07, 6.45) is 7.01. The van der Waals surface area contributed by atoms with Gasteiger partial charge in [-0.15, -0.1) is 0 Å². The maximum atomic E-state index is 12.0. The third-order valence-electron chi connectivity index (χ3n) is 2.80. The Bertz CT molecular complexity index is 566. The van der Waals surface area contributed by atoms with Crippen LogP contribution in [-0.2, 0) is 4.79 Å². The molecule has 0 aromatic carbocycles. The van der Waals surface area contributed by atoms with Crippen LogP contribution in [0.1, 0.15) is 6.42 Å². The molecule has 1 aromatic rings. The van der Waals surface area contributed by atoms with Gasteiger partial charge in [0.2, 0.25) is 5.91 Å². The van der Waals surface area contributed by atoms with Crippen molar-refractivity contribution in [3.05, 3.63) is 30.4 Å². The maximum absolute atomic E-state index is 12.0. The summed E-state index contributed by atoms with van der Waals surface area (Å²) in [4.78, 5) is 17.4. The highest BCUT2D eigenvalue weighted by Gasteiger charge is 2.15. The zero-order valence-corrected chi connectivity index (χ0v) is 14.3. The molecule has 6 nitrogen and oxygen atoms in total. The van der Waals surface area contributed by atoms with Crippen molar-refractivity contribution < 1.29 is 9.53 Å². The van der Waals surface area contributed by atoms with E-state index < -0.39 is 0 Å². The molecule has 0 spiro atoms. The van der Waals surface area contributed by atoms with E-state index >= 15 is 0 Å². The largest absolute Gasteiger partial charge is 0.495 e. The molecule has 0 bridgehead atoms. The third-order valence-corrected chi connectivity index (χ3v) is 3.61. The number of carbonyl (C=O) groups excluding carboxylic acids is 1. The molecule has 0 saturated heterocycles. The summed E-state index contributed by atoms with van der Waals surface area (Å²) in [6, 6.07) is 1.74. The summed E-state index contributed by atoms with van der Waals surface area (Å²) in [5, 5.41) is 10.4.